The molecular weight excluding hydrogens is 246 g/mol. The number of nitrogens with zero attached hydrogens (tertiary/aromatic N) is 2. The molecule has 1 aromatic carbocycles. The number of para-hydroxylation sites is 1. The number of benzene rings is 1. The minimum absolute atomic E-state index is 0.728. The average molecular weight is 269 g/mol. The topological polar surface area (TPSA) is 42.1 Å². The van der Waals surface area contributed by atoms with Gasteiger partial charge in [0, 0.05) is 37.1 Å². The molecule has 2 rings (SSSR count). The van der Waals surface area contributed by atoms with Gasteiger partial charge in [-0.3, -0.25) is 4.98 Å². The van der Waals surface area contributed by atoms with Crippen molar-refractivity contribution in [1.82, 2.24) is 4.98 Å². The van der Waals surface area contributed by atoms with Crippen molar-refractivity contribution in [3.63, 3.8) is 0 Å². The van der Waals surface area contributed by atoms with Crippen LogP contribution < -0.4 is 10.6 Å². The van der Waals surface area contributed by atoms with Gasteiger partial charge in [0.2, 0.25) is 0 Å². The fraction of sp³-hybridized carbons (Fsp3) is 0.353. The maximum Gasteiger partial charge on any atom is 0.0421 e. The smallest absolute Gasteiger partial charge is 0.0421 e. The molecule has 0 aliphatic carbocycles. The van der Waals surface area contributed by atoms with Gasteiger partial charge in [-0.1, -0.05) is 24.3 Å². The summed E-state index contributed by atoms with van der Waals surface area (Å²) in [5.74, 6) is 0. The third kappa shape index (κ3) is 4.07. The number of rotatable bonds is 7. The van der Waals surface area contributed by atoms with E-state index in [2.05, 4.69) is 47.1 Å². The number of nitrogens with two attached hydrogens (primary N) is 1. The Morgan fingerprint density at radius 2 is 1.85 bits per heavy atom. The van der Waals surface area contributed by atoms with E-state index in [0.29, 0.717) is 0 Å². The van der Waals surface area contributed by atoms with Crippen LogP contribution in [0.2, 0.25) is 0 Å². The molecule has 2 N–H and O–H groups in total. The fourth-order valence-electron chi connectivity index (χ4n) is 2.35. The number of aromatic nitrogens is 1. The highest BCUT2D eigenvalue weighted by atomic mass is 15.1. The molecule has 0 bridgehead atoms. The van der Waals surface area contributed by atoms with Gasteiger partial charge in [0.25, 0.3) is 0 Å². The summed E-state index contributed by atoms with van der Waals surface area (Å²) in [5.41, 5.74) is 9.41. The van der Waals surface area contributed by atoms with Crippen molar-refractivity contribution in [3.8, 4) is 0 Å². The second-order valence-electron chi connectivity index (χ2n) is 4.99. The number of hydrogen-bond acceptors (Lipinski definition) is 3. The van der Waals surface area contributed by atoms with Gasteiger partial charge in [-0.15, -0.1) is 0 Å². The van der Waals surface area contributed by atoms with Crippen molar-refractivity contribution in [2.45, 2.75) is 19.8 Å². The second-order valence-corrected chi connectivity index (χ2v) is 4.99. The molecule has 20 heavy (non-hydrogen) atoms. The summed E-state index contributed by atoms with van der Waals surface area (Å²) in [7, 11) is 0. The van der Waals surface area contributed by atoms with Crippen LogP contribution in [-0.4, -0.2) is 24.6 Å². The Hall–Kier alpha value is -1.87. The third-order valence-corrected chi connectivity index (χ3v) is 3.45. The minimum atomic E-state index is 0.728. The summed E-state index contributed by atoms with van der Waals surface area (Å²) in [5, 5.41) is 0. The Balaban J connectivity index is 2.06. The summed E-state index contributed by atoms with van der Waals surface area (Å²) in [6.45, 7) is 4.85. The molecule has 0 saturated heterocycles. The van der Waals surface area contributed by atoms with Crippen LogP contribution in [0.15, 0.2) is 48.7 Å². The molecule has 1 aromatic heterocycles. The van der Waals surface area contributed by atoms with Crippen molar-refractivity contribution in [3.05, 3.63) is 59.9 Å². The number of anilines is 1. The quantitative estimate of drug-likeness (QED) is 0.840. The summed E-state index contributed by atoms with van der Waals surface area (Å²) in [4.78, 5) is 6.81. The van der Waals surface area contributed by atoms with Gasteiger partial charge >= 0.3 is 0 Å². The Labute approximate surface area is 121 Å². The van der Waals surface area contributed by atoms with Crippen molar-refractivity contribution in [1.29, 1.82) is 0 Å². The first-order valence-corrected chi connectivity index (χ1v) is 7.22. The highest BCUT2D eigenvalue weighted by molar-refractivity contribution is 5.53. The van der Waals surface area contributed by atoms with E-state index < -0.39 is 0 Å². The SMILES string of the molecule is Cc1ccccc1N(CCCN)CCc1ccccn1. The van der Waals surface area contributed by atoms with Crippen LogP contribution in [0.25, 0.3) is 0 Å². The summed E-state index contributed by atoms with van der Waals surface area (Å²) >= 11 is 0. The zero-order valence-electron chi connectivity index (χ0n) is 12.1. The maximum atomic E-state index is 5.66. The van der Waals surface area contributed by atoms with Crippen molar-refractivity contribution < 1.29 is 0 Å². The van der Waals surface area contributed by atoms with E-state index >= 15 is 0 Å². The minimum Gasteiger partial charge on any atom is -0.371 e. The molecule has 3 heteroatoms. The van der Waals surface area contributed by atoms with Crippen LogP contribution in [0.4, 0.5) is 5.69 Å². The van der Waals surface area contributed by atoms with Gasteiger partial charge in [-0.2, -0.15) is 0 Å². The monoisotopic (exact) mass is 269 g/mol. The van der Waals surface area contributed by atoms with Crippen LogP contribution >= 0.6 is 0 Å². The maximum absolute atomic E-state index is 5.66. The second kappa shape index (κ2) is 7.65. The summed E-state index contributed by atoms with van der Waals surface area (Å²) < 4.78 is 0. The summed E-state index contributed by atoms with van der Waals surface area (Å²) in [6, 6.07) is 14.6. The molecule has 0 atom stereocenters. The number of aryl methyl sites for hydroxylation is 1. The predicted octanol–water partition coefficient (Wildman–Crippen LogP) is 2.79. The van der Waals surface area contributed by atoms with Crippen LogP contribution in [0.1, 0.15) is 17.7 Å². The fourth-order valence-corrected chi connectivity index (χ4v) is 2.35. The van der Waals surface area contributed by atoms with E-state index in [9.17, 15) is 0 Å². The Morgan fingerprint density at radius 1 is 1.05 bits per heavy atom. The zero-order valence-corrected chi connectivity index (χ0v) is 12.1. The molecule has 2 aromatic rings. The van der Waals surface area contributed by atoms with Crippen LogP contribution in [0, 0.1) is 6.92 Å². The molecule has 1 heterocycles. The van der Waals surface area contributed by atoms with Crippen molar-refractivity contribution in [2.24, 2.45) is 5.73 Å². The van der Waals surface area contributed by atoms with E-state index in [1.807, 2.05) is 18.3 Å². The molecular formula is C17H23N3. The van der Waals surface area contributed by atoms with Crippen LogP contribution in [-0.2, 0) is 6.42 Å². The zero-order chi connectivity index (χ0) is 14.2. The largest absolute Gasteiger partial charge is 0.371 e. The predicted molar refractivity (Wildman–Crippen MR) is 85.0 cm³/mol. The van der Waals surface area contributed by atoms with Crippen LogP contribution in [0.5, 0.6) is 0 Å². The lowest BCUT2D eigenvalue weighted by molar-refractivity contribution is 0.721. The highest BCUT2D eigenvalue weighted by Crippen LogP contribution is 2.19. The lowest BCUT2D eigenvalue weighted by atomic mass is 10.1. The van der Waals surface area contributed by atoms with Crippen LogP contribution in [0.3, 0.4) is 0 Å². The van der Waals surface area contributed by atoms with Gasteiger partial charge < -0.3 is 10.6 Å². The molecule has 0 unspecified atom stereocenters. The Morgan fingerprint density at radius 3 is 2.55 bits per heavy atom. The third-order valence-electron chi connectivity index (χ3n) is 3.45. The van der Waals surface area contributed by atoms with E-state index in [4.69, 9.17) is 5.73 Å². The molecule has 0 spiro atoms. The number of hydrogen-bond donors (Lipinski definition) is 1. The van der Waals surface area contributed by atoms with Gasteiger partial charge in [0.05, 0.1) is 0 Å². The van der Waals surface area contributed by atoms with E-state index in [1.54, 1.807) is 0 Å². The molecule has 0 aliphatic heterocycles. The molecule has 0 radical (unpaired) electrons. The number of pyridine rings is 1. The van der Waals surface area contributed by atoms with Gasteiger partial charge in [0.1, 0.15) is 0 Å². The van der Waals surface area contributed by atoms with E-state index in [-0.39, 0.29) is 0 Å². The van der Waals surface area contributed by atoms with Gasteiger partial charge in [-0.05, 0) is 43.7 Å². The van der Waals surface area contributed by atoms with Gasteiger partial charge in [-0.25, -0.2) is 0 Å². The normalized spacial score (nSPS) is 10.5. The van der Waals surface area contributed by atoms with Gasteiger partial charge in [0.15, 0.2) is 0 Å². The lowest BCUT2D eigenvalue weighted by Crippen LogP contribution is -2.29. The van der Waals surface area contributed by atoms with Crippen molar-refractivity contribution >= 4 is 5.69 Å². The van der Waals surface area contributed by atoms with E-state index in [1.165, 1.54) is 11.3 Å². The average Bonchev–Trinajstić information content (AvgIpc) is 2.49. The van der Waals surface area contributed by atoms with Crippen molar-refractivity contribution in [2.75, 3.05) is 24.5 Å². The first-order valence-electron chi connectivity index (χ1n) is 7.22. The molecule has 0 aliphatic rings. The lowest BCUT2D eigenvalue weighted by Gasteiger charge is -2.26. The Bertz CT molecular complexity index is 511. The standard InChI is InChI=1S/C17H23N3/c1-15-7-2-3-9-17(15)20(13-6-11-18)14-10-16-8-4-5-12-19-16/h2-5,7-9,12H,6,10-11,13-14,18H2,1H3. The highest BCUT2D eigenvalue weighted by Gasteiger charge is 2.08. The van der Waals surface area contributed by atoms with E-state index in [0.717, 1.165) is 38.2 Å². The first-order chi connectivity index (χ1) is 9.81. The molecule has 106 valence electrons. The molecule has 3 nitrogen and oxygen atoms in total. The Kier molecular flexibility index (Phi) is 5.56. The molecule has 0 amide bonds. The molecule has 0 fully saturated rings. The first kappa shape index (κ1) is 14.5. The summed E-state index contributed by atoms with van der Waals surface area (Å²) in [6.07, 6.45) is 3.82. The molecule has 0 saturated carbocycles.